The number of para-hydroxylation sites is 1. The molecule has 3 aromatic rings. The smallest absolute Gasteiger partial charge is 0.336 e. The number of carboxylic acid groups (broad SMARTS) is 1. The molecule has 0 saturated carbocycles. The van der Waals surface area contributed by atoms with E-state index in [1.54, 1.807) is 12.1 Å². The van der Waals surface area contributed by atoms with Crippen LogP contribution in [-0.4, -0.2) is 16.1 Å². The van der Waals surface area contributed by atoms with E-state index in [9.17, 15) is 9.90 Å². The average Bonchev–Trinajstić information content (AvgIpc) is 2.84. The van der Waals surface area contributed by atoms with Crippen LogP contribution in [0.25, 0.3) is 21.5 Å². The molecule has 1 N–H and O–H groups in total. The van der Waals surface area contributed by atoms with Crippen molar-refractivity contribution in [3.8, 4) is 10.6 Å². The highest BCUT2D eigenvalue weighted by Gasteiger charge is 2.13. The second-order valence-electron chi connectivity index (χ2n) is 4.01. The third-order valence-electron chi connectivity index (χ3n) is 2.77. The van der Waals surface area contributed by atoms with Crippen LogP contribution in [-0.2, 0) is 0 Å². The Bertz CT molecular complexity index is 782. The van der Waals surface area contributed by atoms with Gasteiger partial charge in [0.2, 0.25) is 0 Å². The van der Waals surface area contributed by atoms with Crippen molar-refractivity contribution in [1.82, 2.24) is 4.98 Å². The maximum atomic E-state index is 11.4. The summed E-state index contributed by atoms with van der Waals surface area (Å²) in [6.45, 7) is 0. The van der Waals surface area contributed by atoms with E-state index < -0.39 is 5.97 Å². The molecular weight excluding hydrogens is 326 g/mol. The highest BCUT2D eigenvalue weighted by molar-refractivity contribution is 9.10. The molecule has 1 aromatic carbocycles. The molecule has 0 radical (unpaired) electrons. The number of hydrogen-bond acceptors (Lipinski definition) is 3. The summed E-state index contributed by atoms with van der Waals surface area (Å²) in [5.41, 5.74) is 1.67. The lowest BCUT2D eigenvalue weighted by molar-refractivity contribution is 0.0699. The van der Waals surface area contributed by atoms with Gasteiger partial charge in [0.05, 0.1) is 21.7 Å². The summed E-state index contributed by atoms with van der Waals surface area (Å²) in [7, 11) is 0. The minimum Gasteiger partial charge on any atom is -0.478 e. The van der Waals surface area contributed by atoms with Crippen LogP contribution in [0.2, 0.25) is 0 Å². The number of rotatable bonds is 2. The summed E-state index contributed by atoms with van der Waals surface area (Å²) in [6.07, 6.45) is 0. The number of hydrogen-bond donors (Lipinski definition) is 1. The summed E-state index contributed by atoms with van der Waals surface area (Å²) in [5, 5.41) is 11.9. The Balaban J connectivity index is 2.30. The van der Waals surface area contributed by atoms with Crippen LogP contribution in [0.15, 0.2) is 46.3 Å². The fourth-order valence-electron chi connectivity index (χ4n) is 1.93. The molecule has 19 heavy (non-hydrogen) atoms. The monoisotopic (exact) mass is 333 g/mol. The lowest BCUT2D eigenvalue weighted by Gasteiger charge is -2.05. The molecule has 0 fully saturated rings. The summed E-state index contributed by atoms with van der Waals surface area (Å²) in [4.78, 5) is 16.8. The first-order valence-corrected chi connectivity index (χ1v) is 7.20. The Morgan fingerprint density at radius 3 is 2.74 bits per heavy atom. The molecule has 0 spiro atoms. The molecule has 0 aliphatic carbocycles. The van der Waals surface area contributed by atoms with Crippen molar-refractivity contribution >= 4 is 44.1 Å². The topological polar surface area (TPSA) is 50.2 Å². The van der Waals surface area contributed by atoms with Crippen molar-refractivity contribution in [2.24, 2.45) is 0 Å². The highest BCUT2D eigenvalue weighted by Crippen LogP contribution is 2.31. The van der Waals surface area contributed by atoms with E-state index in [1.165, 1.54) is 11.3 Å². The minimum atomic E-state index is -0.935. The van der Waals surface area contributed by atoms with Crippen LogP contribution < -0.4 is 0 Å². The van der Waals surface area contributed by atoms with E-state index in [2.05, 4.69) is 20.9 Å². The number of fused-ring (bicyclic) bond motifs is 1. The maximum absolute atomic E-state index is 11.4. The number of carbonyl (C=O) groups is 1. The van der Waals surface area contributed by atoms with Gasteiger partial charge in [-0.25, -0.2) is 9.78 Å². The van der Waals surface area contributed by atoms with Crippen molar-refractivity contribution in [2.75, 3.05) is 0 Å². The zero-order valence-corrected chi connectivity index (χ0v) is 12.0. The van der Waals surface area contributed by atoms with E-state index in [-0.39, 0.29) is 5.56 Å². The standard InChI is InChI=1S/C14H8BrNO2S/c15-8-5-13(19-7-8)12-6-10(14(17)18)9-3-1-2-4-11(9)16-12/h1-7H,(H,17,18). The summed E-state index contributed by atoms with van der Waals surface area (Å²) >= 11 is 4.92. The van der Waals surface area contributed by atoms with Gasteiger partial charge in [0, 0.05) is 15.2 Å². The number of pyridine rings is 1. The summed E-state index contributed by atoms with van der Waals surface area (Å²) < 4.78 is 0.972. The Hall–Kier alpha value is -1.72. The van der Waals surface area contributed by atoms with Gasteiger partial charge < -0.3 is 5.11 Å². The van der Waals surface area contributed by atoms with Crippen LogP contribution in [0.1, 0.15) is 10.4 Å². The number of aromatic carboxylic acids is 1. The number of thiophene rings is 1. The largest absolute Gasteiger partial charge is 0.478 e. The first-order valence-electron chi connectivity index (χ1n) is 5.52. The molecule has 0 amide bonds. The third kappa shape index (κ3) is 2.27. The van der Waals surface area contributed by atoms with Crippen LogP contribution >= 0.6 is 27.3 Å². The van der Waals surface area contributed by atoms with E-state index in [0.29, 0.717) is 16.6 Å². The number of halogens is 1. The molecule has 2 heterocycles. The van der Waals surface area contributed by atoms with Gasteiger partial charge in [-0.15, -0.1) is 11.3 Å². The first-order chi connectivity index (χ1) is 9.15. The minimum absolute atomic E-state index is 0.283. The van der Waals surface area contributed by atoms with Crippen LogP contribution in [0.3, 0.4) is 0 Å². The SMILES string of the molecule is O=C(O)c1cc(-c2cc(Br)cs2)nc2ccccc12. The van der Waals surface area contributed by atoms with Gasteiger partial charge in [-0.05, 0) is 34.1 Å². The van der Waals surface area contributed by atoms with E-state index >= 15 is 0 Å². The molecule has 5 heteroatoms. The van der Waals surface area contributed by atoms with Crippen molar-refractivity contribution in [2.45, 2.75) is 0 Å². The fourth-order valence-corrected chi connectivity index (χ4v) is 3.31. The number of carboxylic acids is 1. The highest BCUT2D eigenvalue weighted by atomic mass is 79.9. The molecular formula is C14H8BrNO2S. The number of nitrogens with zero attached hydrogens (tertiary/aromatic N) is 1. The van der Waals surface area contributed by atoms with Gasteiger partial charge in [0.1, 0.15) is 0 Å². The molecule has 0 saturated heterocycles. The molecule has 3 rings (SSSR count). The van der Waals surface area contributed by atoms with Crippen molar-refractivity contribution in [3.63, 3.8) is 0 Å². The van der Waals surface area contributed by atoms with Gasteiger partial charge in [-0.2, -0.15) is 0 Å². The van der Waals surface area contributed by atoms with E-state index in [0.717, 1.165) is 9.35 Å². The predicted octanol–water partition coefficient (Wildman–Crippen LogP) is 4.42. The third-order valence-corrected chi connectivity index (χ3v) is 4.48. The first kappa shape index (κ1) is 12.3. The molecule has 0 bridgehead atoms. The Kier molecular flexibility index (Phi) is 3.08. The lowest BCUT2D eigenvalue weighted by atomic mass is 10.1. The van der Waals surface area contributed by atoms with Gasteiger partial charge in [-0.3, -0.25) is 0 Å². The quantitative estimate of drug-likeness (QED) is 0.754. The lowest BCUT2D eigenvalue weighted by Crippen LogP contribution is -1.99. The van der Waals surface area contributed by atoms with E-state index in [4.69, 9.17) is 0 Å². The van der Waals surface area contributed by atoms with Crippen LogP contribution in [0.4, 0.5) is 0 Å². The van der Waals surface area contributed by atoms with Crippen LogP contribution in [0, 0.1) is 0 Å². The van der Waals surface area contributed by atoms with Gasteiger partial charge in [0.25, 0.3) is 0 Å². The Labute approximate surface area is 121 Å². The molecule has 2 aromatic heterocycles. The van der Waals surface area contributed by atoms with Crippen molar-refractivity contribution < 1.29 is 9.90 Å². The molecule has 0 unspecified atom stereocenters. The second kappa shape index (κ2) is 4.75. The molecule has 0 aliphatic heterocycles. The maximum Gasteiger partial charge on any atom is 0.336 e. The van der Waals surface area contributed by atoms with Crippen molar-refractivity contribution in [1.29, 1.82) is 0 Å². The van der Waals surface area contributed by atoms with Crippen LogP contribution in [0.5, 0.6) is 0 Å². The molecule has 0 atom stereocenters. The van der Waals surface area contributed by atoms with Gasteiger partial charge in [-0.1, -0.05) is 18.2 Å². The van der Waals surface area contributed by atoms with E-state index in [1.807, 2.05) is 29.6 Å². The fraction of sp³-hybridized carbons (Fsp3) is 0. The summed E-state index contributed by atoms with van der Waals surface area (Å²) in [6, 6.07) is 10.8. The molecule has 0 aliphatic rings. The number of benzene rings is 1. The second-order valence-corrected chi connectivity index (χ2v) is 5.83. The van der Waals surface area contributed by atoms with Crippen molar-refractivity contribution in [3.05, 3.63) is 51.8 Å². The van der Waals surface area contributed by atoms with Gasteiger partial charge >= 0.3 is 5.97 Å². The number of aromatic nitrogens is 1. The Morgan fingerprint density at radius 1 is 1.26 bits per heavy atom. The molecule has 94 valence electrons. The predicted molar refractivity (Wildman–Crippen MR) is 79.7 cm³/mol. The zero-order chi connectivity index (χ0) is 13.4. The average molecular weight is 334 g/mol. The zero-order valence-electron chi connectivity index (χ0n) is 9.63. The Morgan fingerprint density at radius 2 is 2.05 bits per heavy atom. The molecule has 3 nitrogen and oxygen atoms in total. The van der Waals surface area contributed by atoms with Gasteiger partial charge in [0.15, 0.2) is 0 Å². The summed E-state index contributed by atoms with van der Waals surface area (Å²) in [5.74, 6) is -0.935. The normalized spacial score (nSPS) is 10.8.